The van der Waals surface area contributed by atoms with E-state index in [2.05, 4.69) is 37.6 Å². The Morgan fingerprint density at radius 3 is 2.73 bits per heavy atom. The van der Waals surface area contributed by atoms with Crippen LogP contribution in [0, 0.1) is 0 Å². The number of benzene rings is 1. The van der Waals surface area contributed by atoms with E-state index < -0.39 is 0 Å². The van der Waals surface area contributed by atoms with E-state index in [0.717, 1.165) is 22.3 Å². The highest BCUT2D eigenvalue weighted by atomic mass is 79.9. The van der Waals surface area contributed by atoms with Gasteiger partial charge in [-0.15, -0.1) is 0 Å². The van der Waals surface area contributed by atoms with Crippen molar-refractivity contribution < 1.29 is 4.74 Å². The molecular weight excluding hydrogens is 457 g/mol. The molecule has 0 unspecified atom stereocenters. The van der Waals surface area contributed by atoms with Crippen molar-refractivity contribution in [3.63, 3.8) is 0 Å². The molecule has 1 aliphatic heterocycles. The summed E-state index contributed by atoms with van der Waals surface area (Å²) in [6, 6.07) is 9.78. The van der Waals surface area contributed by atoms with Crippen LogP contribution in [-0.2, 0) is 10.2 Å². The van der Waals surface area contributed by atoms with Gasteiger partial charge in [0.2, 0.25) is 0 Å². The molecule has 0 aliphatic carbocycles. The first-order valence-electron chi connectivity index (χ1n) is 8.18. The Balaban J connectivity index is 1.70. The molecule has 1 saturated heterocycles. The molecule has 3 rings (SSSR count). The number of halogens is 3. The van der Waals surface area contributed by atoms with Crippen LogP contribution in [0.15, 0.2) is 41.0 Å². The number of ether oxygens (including phenoxy) is 1. The van der Waals surface area contributed by atoms with E-state index in [4.69, 9.17) is 40.2 Å². The molecule has 4 nitrogen and oxygen atoms in total. The summed E-state index contributed by atoms with van der Waals surface area (Å²) in [5.74, 6) is 0.524. The maximum absolute atomic E-state index is 6.21. The van der Waals surface area contributed by atoms with Crippen LogP contribution in [0.3, 0.4) is 0 Å². The van der Waals surface area contributed by atoms with Crippen molar-refractivity contribution in [2.75, 3.05) is 25.1 Å². The van der Waals surface area contributed by atoms with Gasteiger partial charge in [-0.1, -0.05) is 35.3 Å². The van der Waals surface area contributed by atoms with Crippen LogP contribution in [-0.4, -0.2) is 29.9 Å². The first-order valence-corrected chi connectivity index (χ1v) is 10.1. The zero-order valence-electron chi connectivity index (χ0n) is 13.9. The van der Waals surface area contributed by atoms with Crippen LogP contribution >= 0.6 is 51.3 Å². The first kappa shape index (κ1) is 19.8. The summed E-state index contributed by atoms with van der Waals surface area (Å²) < 4.78 is 6.38. The van der Waals surface area contributed by atoms with Crippen molar-refractivity contribution in [2.24, 2.45) is 0 Å². The molecule has 0 radical (unpaired) electrons. The van der Waals surface area contributed by atoms with E-state index in [9.17, 15) is 0 Å². The Morgan fingerprint density at radius 1 is 1.27 bits per heavy atom. The summed E-state index contributed by atoms with van der Waals surface area (Å²) in [7, 11) is 0. The summed E-state index contributed by atoms with van der Waals surface area (Å²) in [4.78, 5) is 4.24. The summed E-state index contributed by atoms with van der Waals surface area (Å²) >= 11 is 21.2. The molecule has 2 heterocycles. The number of anilines is 1. The van der Waals surface area contributed by atoms with Gasteiger partial charge in [-0.05, 0) is 64.8 Å². The average Bonchev–Trinajstić information content (AvgIpc) is 2.63. The zero-order chi connectivity index (χ0) is 18.6. The summed E-state index contributed by atoms with van der Waals surface area (Å²) in [5, 5.41) is 8.09. The predicted molar refractivity (Wildman–Crippen MR) is 114 cm³/mol. The molecule has 8 heteroatoms. The third-order valence-electron chi connectivity index (χ3n) is 4.51. The van der Waals surface area contributed by atoms with Gasteiger partial charge in [-0.3, -0.25) is 0 Å². The zero-order valence-corrected chi connectivity index (χ0v) is 17.8. The maximum Gasteiger partial charge on any atom is 0.172 e. The van der Waals surface area contributed by atoms with Crippen LogP contribution in [0.5, 0.6) is 0 Å². The van der Waals surface area contributed by atoms with E-state index in [0.29, 0.717) is 35.7 Å². The van der Waals surface area contributed by atoms with Crippen molar-refractivity contribution in [3.05, 3.63) is 56.6 Å². The number of nitrogens with zero attached hydrogens (tertiary/aromatic N) is 1. The van der Waals surface area contributed by atoms with Gasteiger partial charge >= 0.3 is 0 Å². The summed E-state index contributed by atoms with van der Waals surface area (Å²) in [6.07, 6.45) is 3.48. The van der Waals surface area contributed by atoms with Gasteiger partial charge in [0.25, 0.3) is 0 Å². The molecule has 1 fully saturated rings. The molecule has 2 N–H and O–H groups in total. The molecule has 0 atom stereocenters. The van der Waals surface area contributed by atoms with E-state index >= 15 is 0 Å². The van der Waals surface area contributed by atoms with Crippen molar-refractivity contribution in [1.82, 2.24) is 10.3 Å². The first-order chi connectivity index (χ1) is 12.5. The molecule has 2 aromatic rings. The van der Waals surface area contributed by atoms with Crippen LogP contribution < -0.4 is 10.6 Å². The minimum absolute atomic E-state index is 0.0776. The Bertz CT molecular complexity index is 800. The number of hydrogen-bond donors (Lipinski definition) is 2. The van der Waals surface area contributed by atoms with Crippen LogP contribution in [0.2, 0.25) is 10.0 Å². The highest BCUT2D eigenvalue weighted by Crippen LogP contribution is 2.35. The second-order valence-corrected chi connectivity index (χ2v) is 8.36. The molecule has 0 spiro atoms. The SMILES string of the molecule is S=C(NCC1(c2cccc(Cl)c2)CCOCC1)Nc1ncc(Br)cc1Cl. The van der Waals surface area contributed by atoms with Crippen molar-refractivity contribution in [2.45, 2.75) is 18.3 Å². The maximum atomic E-state index is 6.21. The van der Waals surface area contributed by atoms with E-state index in [1.54, 1.807) is 12.3 Å². The van der Waals surface area contributed by atoms with E-state index in [1.807, 2.05) is 18.2 Å². The number of rotatable bonds is 4. The predicted octanol–water partition coefficient (Wildman–Crippen LogP) is 5.19. The Labute approximate surface area is 176 Å². The van der Waals surface area contributed by atoms with E-state index in [1.165, 1.54) is 5.56 Å². The molecule has 0 bridgehead atoms. The van der Waals surface area contributed by atoms with Crippen LogP contribution in [0.4, 0.5) is 5.82 Å². The lowest BCUT2D eigenvalue weighted by Crippen LogP contribution is -2.45. The Hall–Kier alpha value is -0.920. The van der Waals surface area contributed by atoms with Crippen molar-refractivity contribution in [3.8, 4) is 0 Å². The number of aromatic nitrogens is 1. The second-order valence-electron chi connectivity index (χ2n) is 6.19. The average molecular weight is 475 g/mol. The fourth-order valence-corrected chi connectivity index (χ4v) is 4.09. The Kier molecular flexibility index (Phi) is 6.75. The molecule has 0 amide bonds. The molecule has 1 aromatic heterocycles. The quantitative estimate of drug-likeness (QED) is 0.597. The normalized spacial score (nSPS) is 16.1. The molecule has 138 valence electrons. The standard InChI is InChI=1S/C18H18BrCl2N3OS/c19-13-9-15(21)16(22-10-13)24-17(26)23-11-18(4-6-25-7-5-18)12-2-1-3-14(20)8-12/h1-3,8-10H,4-7,11H2,(H2,22,23,24,26). The molecular formula is C18H18BrCl2N3OS. The summed E-state index contributed by atoms with van der Waals surface area (Å²) in [6.45, 7) is 2.11. The van der Waals surface area contributed by atoms with Gasteiger partial charge in [0, 0.05) is 40.9 Å². The number of nitrogens with one attached hydrogen (secondary N) is 2. The monoisotopic (exact) mass is 473 g/mol. The smallest absolute Gasteiger partial charge is 0.172 e. The van der Waals surface area contributed by atoms with Crippen LogP contribution in [0.25, 0.3) is 0 Å². The van der Waals surface area contributed by atoms with Gasteiger partial charge in [-0.2, -0.15) is 0 Å². The summed E-state index contributed by atoms with van der Waals surface area (Å²) in [5.41, 5.74) is 1.12. The number of thiocarbonyl (C=S) groups is 1. The second kappa shape index (κ2) is 8.85. The lowest BCUT2D eigenvalue weighted by Gasteiger charge is -2.38. The fourth-order valence-electron chi connectivity index (χ4n) is 3.06. The number of pyridine rings is 1. The van der Waals surface area contributed by atoms with Gasteiger partial charge in [0.05, 0.1) is 5.02 Å². The number of hydrogen-bond acceptors (Lipinski definition) is 3. The van der Waals surface area contributed by atoms with Gasteiger partial charge in [0.1, 0.15) is 0 Å². The molecule has 1 aromatic carbocycles. The highest BCUT2D eigenvalue weighted by molar-refractivity contribution is 9.10. The lowest BCUT2D eigenvalue weighted by molar-refractivity contribution is 0.0515. The largest absolute Gasteiger partial charge is 0.381 e. The van der Waals surface area contributed by atoms with E-state index in [-0.39, 0.29) is 5.41 Å². The van der Waals surface area contributed by atoms with Gasteiger partial charge in [-0.25, -0.2) is 4.98 Å². The Morgan fingerprint density at radius 2 is 2.04 bits per heavy atom. The van der Waals surface area contributed by atoms with Crippen LogP contribution in [0.1, 0.15) is 18.4 Å². The fraction of sp³-hybridized carbons (Fsp3) is 0.333. The molecule has 26 heavy (non-hydrogen) atoms. The van der Waals surface area contributed by atoms with Gasteiger partial charge < -0.3 is 15.4 Å². The minimum Gasteiger partial charge on any atom is -0.381 e. The van der Waals surface area contributed by atoms with Crippen molar-refractivity contribution in [1.29, 1.82) is 0 Å². The third kappa shape index (κ3) is 4.87. The lowest BCUT2D eigenvalue weighted by atomic mass is 9.74. The van der Waals surface area contributed by atoms with Crippen molar-refractivity contribution >= 4 is 62.3 Å². The molecule has 1 aliphatic rings. The topological polar surface area (TPSA) is 46.2 Å². The highest BCUT2D eigenvalue weighted by Gasteiger charge is 2.34. The van der Waals surface area contributed by atoms with Gasteiger partial charge in [0.15, 0.2) is 10.9 Å². The molecule has 0 saturated carbocycles. The minimum atomic E-state index is -0.0776. The third-order valence-corrected chi connectivity index (χ3v) is 5.72.